The highest BCUT2D eigenvalue weighted by atomic mass is 14.6. The largest absolute Gasteiger partial charge is 0.0722 e. The zero-order valence-electron chi connectivity index (χ0n) is 23.8. The Morgan fingerprint density at radius 2 is 0.634 bits per heavy atom. The molecular weight excluding hydrogens is 492 g/mol. The zero-order valence-corrected chi connectivity index (χ0v) is 23.8. The Morgan fingerprint density at radius 3 is 1.07 bits per heavy atom. The van der Waals surface area contributed by atoms with Crippen LogP contribution in [0.15, 0.2) is 140 Å². The molecule has 2 spiro atoms. The third kappa shape index (κ3) is 2.71. The van der Waals surface area contributed by atoms with E-state index in [0.29, 0.717) is 0 Å². The normalized spacial score (nSPS) is 15.1. The Labute approximate surface area is 243 Å². The van der Waals surface area contributed by atoms with Crippen molar-refractivity contribution in [2.24, 2.45) is 0 Å². The minimum Gasteiger partial charge on any atom is -0.0683 e. The molecule has 0 atom stereocenters. The third-order valence-electron chi connectivity index (χ3n) is 9.69. The van der Waals surface area contributed by atoms with Crippen molar-refractivity contribution >= 4 is 0 Å². The molecule has 0 aliphatic heterocycles. The van der Waals surface area contributed by atoms with E-state index in [2.05, 4.69) is 146 Å². The molecule has 0 heterocycles. The standard InChI is InChI=1S/C39H26.C2H6/c1-25-13-12-24-36-37(25)39(32-20-8-4-16-28(32)29-17-5-9-21-33(29)39)35-23-11-10-22-34(35)38(36)30-18-6-2-14-26(30)27-15-3-7-19-31(27)38;1-2/h2-24H,1H3;1-2H3. The highest BCUT2D eigenvalue weighted by molar-refractivity contribution is 5.93. The maximum atomic E-state index is 2.42. The fraction of sp³-hybridized carbons (Fsp3) is 0.122. The first-order chi connectivity index (χ1) is 20.3. The Morgan fingerprint density at radius 1 is 0.317 bits per heavy atom. The van der Waals surface area contributed by atoms with Gasteiger partial charge < -0.3 is 0 Å². The molecule has 3 aliphatic carbocycles. The summed E-state index contributed by atoms with van der Waals surface area (Å²) in [5, 5.41) is 0. The SMILES string of the molecule is CC.Cc1cccc2c1C1(c3ccccc3-c3ccccc31)c1ccccc1C21c2ccccc2-c2ccccc21. The molecule has 0 bridgehead atoms. The van der Waals surface area contributed by atoms with Crippen LogP contribution >= 0.6 is 0 Å². The predicted molar refractivity (Wildman–Crippen MR) is 171 cm³/mol. The van der Waals surface area contributed by atoms with E-state index < -0.39 is 0 Å². The van der Waals surface area contributed by atoms with E-state index in [9.17, 15) is 0 Å². The van der Waals surface area contributed by atoms with E-state index in [0.717, 1.165) is 0 Å². The van der Waals surface area contributed by atoms with Crippen LogP contribution < -0.4 is 0 Å². The molecule has 0 heteroatoms. The number of benzene rings is 6. The van der Waals surface area contributed by atoms with Gasteiger partial charge in [-0.1, -0.05) is 153 Å². The highest BCUT2D eigenvalue weighted by Crippen LogP contribution is 2.67. The van der Waals surface area contributed by atoms with E-state index >= 15 is 0 Å². The summed E-state index contributed by atoms with van der Waals surface area (Å²) in [5.74, 6) is 0. The average Bonchev–Trinajstić information content (AvgIpc) is 3.50. The Kier molecular flexibility index (Phi) is 5.10. The molecule has 0 radical (unpaired) electrons. The second kappa shape index (κ2) is 8.66. The van der Waals surface area contributed by atoms with Crippen molar-refractivity contribution in [2.75, 3.05) is 0 Å². The van der Waals surface area contributed by atoms with Gasteiger partial charge in [0, 0.05) is 0 Å². The van der Waals surface area contributed by atoms with Crippen molar-refractivity contribution in [3.63, 3.8) is 0 Å². The maximum absolute atomic E-state index is 2.42. The second-order valence-corrected chi connectivity index (χ2v) is 11.2. The van der Waals surface area contributed by atoms with Crippen LogP contribution in [-0.4, -0.2) is 0 Å². The van der Waals surface area contributed by atoms with E-state index in [4.69, 9.17) is 0 Å². The smallest absolute Gasteiger partial charge is 0.0683 e. The van der Waals surface area contributed by atoms with E-state index in [-0.39, 0.29) is 10.8 Å². The molecule has 6 aromatic carbocycles. The van der Waals surface area contributed by atoms with Gasteiger partial charge in [0.15, 0.2) is 0 Å². The molecule has 0 N–H and O–H groups in total. The molecule has 196 valence electrons. The van der Waals surface area contributed by atoms with Crippen LogP contribution in [0.5, 0.6) is 0 Å². The lowest BCUT2D eigenvalue weighted by Crippen LogP contribution is -2.44. The van der Waals surface area contributed by atoms with Crippen LogP contribution in [0, 0.1) is 6.92 Å². The van der Waals surface area contributed by atoms with Crippen molar-refractivity contribution in [2.45, 2.75) is 31.6 Å². The van der Waals surface area contributed by atoms with Gasteiger partial charge in [-0.2, -0.15) is 0 Å². The molecule has 0 saturated carbocycles. The number of hydrogen-bond donors (Lipinski definition) is 0. The number of rotatable bonds is 0. The van der Waals surface area contributed by atoms with Gasteiger partial charge in [0.25, 0.3) is 0 Å². The van der Waals surface area contributed by atoms with Crippen molar-refractivity contribution in [1.82, 2.24) is 0 Å². The van der Waals surface area contributed by atoms with Gasteiger partial charge >= 0.3 is 0 Å². The lowest BCUT2D eigenvalue weighted by Gasteiger charge is -2.49. The second-order valence-electron chi connectivity index (χ2n) is 11.2. The van der Waals surface area contributed by atoms with Gasteiger partial charge in [-0.25, -0.2) is 0 Å². The Hall–Kier alpha value is -4.68. The van der Waals surface area contributed by atoms with Crippen LogP contribution in [-0.2, 0) is 10.8 Å². The monoisotopic (exact) mass is 524 g/mol. The van der Waals surface area contributed by atoms with Crippen LogP contribution in [0.3, 0.4) is 0 Å². The fourth-order valence-corrected chi connectivity index (χ4v) is 8.50. The minimum atomic E-state index is -0.373. The van der Waals surface area contributed by atoms with Gasteiger partial charge in [0.1, 0.15) is 0 Å². The van der Waals surface area contributed by atoms with Gasteiger partial charge in [-0.05, 0) is 79.2 Å². The molecule has 3 aliphatic rings. The molecule has 0 unspecified atom stereocenters. The van der Waals surface area contributed by atoms with Crippen LogP contribution in [0.1, 0.15) is 63.9 Å². The highest BCUT2D eigenvalue weighted by Gasteiger charge is 2.59. The average molecular weight is 525 g/mol. The lowest BCUT2D eigenvalue weighted by molar-refractivity contribution is 0.629. The summed E-state index contributed by atoms with van der Waals surface area (Å²) < 4.78 is 0. The molecule has 0 saturated heterocycles. The van der Waals surface area contributed by atoms with Crippen molar-refractivity contribution in [3.05, 3.63) is 190 Å². The fourth-order valence-electron chi connectivity index (χ4n) is 8.50. The van der Waals surface area contributed by atoms with Gasteiger partial charge in [0.2, 0.25) is 0 Å². The summed E-state index contributed by atoms with van der Waals surface area (Å²) >= 11 is 0. The molecule has 9 rings (SSSR count). The summed E-state index contributed by atoms with van der Waals surface area (Å²) in [5.41, 5.74) is 17.2. The maximum Gasteiger partial charge on any atom is 0.0722 e. The van der Waals surface area contributed by atoms with Gasteiger partial charge in [-0.3, -0.25) is 0 Å². The first-order valence-electron chi connectivity index (χ1n) is 14.9. The molecule has 41 heavy (non-hydrogen) atoms. The topological polar surface area (TPSA) is 0 Å². The molecule has 0 aromatic heterocycles. The number of hydrogen-bond acceptors (Lipinski definition) is 0. The van der Waals surface area contributed by atoms with Gasteiger partial charge in [0.05, 0.1) is 10.8 Å². The molecule has 0 amide bonds. The van der Waals surface area contributed by atoms with Crippen molar-refractivity contribution in [1.29, 1.82) is 0 Å². The van der Waals surface area contributed by atoms with Crippen molar-refractivity contribution < 1.29 is 0 Å². The molecule has 6 aromatic rings. The quantitative estimate of drug-likeness (QED) is 0.185. The van der Waals surface area contributed by atoms with Crippen LogP contribution in [0.25, 0.3) is 22.3 Å². The summed E-state index contributed by atoms with van der Waals surface area (Å²) in [7, 11) is 0. The van der Waals surface area contributed by atoms with Gasteiger partial charge in [-0.15, -0.1) is 0 Å². The van der Waals surface area contributed by atoms with Crippen LogP contribution in [0.2, 0.25) is 0 Å². The number of aryl methyl sites for hydroxylation is 1. The summed E-state index contributed by atoms with van der Waals surface area (Å²) in [6.45, 7) is 6.32. The molecule has 0 fully saturated rings. The van der Waals surface area contributed by atoms with E-state index in [1.807, 2.05) is 13.8 Å². The minimum absolute atomic E-state index is 0.372. The summed E-state index contributed by atoms with van der Waals surface area (Å²) in [4.78, 5) is 0. The first kappa shape index (κ1) is 24.1. The number of fused-ring (bicyclic) bond motifs is 16. The lowest BCUT2D eigenvalue weighted by atomic mass is 9.51. The third-order valence-corrected chi connectivity index (χ3v) is 9.69. The van der Waals surface area contributed by atoms with Crippen LogP contribution in [0.4, 0.5) is 0 Å². The first-order valence-corrected chi connectivity index (χ1v) is 14.9. The van der Waals surface area contributed by atoms with Crippen molar-refractivity contribution in [3.8, 4) is 22.3 Å². The summed E-state index contributed by atoms with van der Waals surface area (Å²) in [6, 6.07) is 52.7. The van der Waals surface area contributed by atoms with E-state index in [1.165, 1.54) is 72.3 Å². The Bertz CT molecular complexity index is 1900. The summed E-state index contributed by atoms with van der Waals surface area (Å²) in [6.07, 6.45) is 0. The molecule has 0 nitrogen and oxygen atoms in total. The Balaban J connectivity index is 0.00000125. The van der Waals surface area contributed by atoms with E-state index in [1.54, 1.807) is 0 Å². The zero-order chi connectivity index (χ0) is 27.8. The predicted octanol–water partition coefficient (Wildman–Crippen LogP) is 10.1. The molecular formula is C41H32.